The van der Waals surface area contributed by atoms with Gasteiger partial charge < -0.3 is 0 Å². The molecule has 0 aliphatic heterocycles. The number of thiophene rings is 2. The summed E-state index contributed by atoms with van der Waals surface area (Å²) in [6.07, 6.45) is 6.86. The molecule has 3 aromatic carbocycles. The molecule has 0 amide bonds. The number of nitrogens with zero attached hydrogens (tertiary/aromatic N) is 1. The van der Waals surface area contributed by atoms with Gasteiger partial charge in [-0.15, -0.1) is 22.7 Å². The lowest BCUT2D eigenvalue weighted by Gasteiger charge is -2.08. The highest BCUT2D eigenvalue weighted by Gasteiger charge is 2.17. The molecule has 0 atom stereocenters. The first-order valence-corrected chi connectivity index (χ1v) is 12.6. The molecule has 0 fully saturated rings. The average Bonchev–Trinajstić information content (AvgIpc) is 3.42. The summed E-state index contributed by atoms with van der Waals surface area (Å²) in [6, 6.07) is 28.4. The van der Waals surface area contributed by atoms with E-state index in [0.717, 1.165) is 24.2 Å². The highest BCUT2D eigenvalue weighted by Crippen LogP contribution is 2.42. The van der Waals surface area contributed by atoms with E-state index in [0.29, 0.717) is 0 Å². The molecule has 6 aromatic rings. The molecule has 0 saturated heterocycles. The van der Waals surface area contributed by atoms with E-state index < -0.39 is 0 Å². The third-order valence-corrected chi connectivity index (χ3v) is 8.85. The van der Waals surface area contributed by atoms with E-state index in [9.17, 15) is 0 Å². The van der Waals surface area contributed by atoms with Gasteiger partial charge in [0, 0.05) is 40.9 Å². The topological polar surface area (TPSA) is 12.9 Å². The van der Waals surface area contributed by atoms with Crippen LogP contribution in [0.25, 0.3) is 58.8 Å². The Labute approximate surface area is 194 Å². The quantitative estimate of drug-likeness (QED) is 0.259. The summed E-state index contributed by atoms with van der Waals surface area (Å²) in [6.45, 7) is 0. The SMILES string of the molecule is C1=Cc2sc3c(-c4cccc(-c5cccc6c5sc5ccccc56)n4)cccc3c2CC1. The van der Waals surface area contributed by atoms with Crippen LogP contribution in [0.2, 0.25) is 0 Å². The molecule has 0 N–H and O–H groups in total. The zero-order valence-corrected chi connectivity index (χ0v) is 19.0. The third-order valence-electron chi connectivity index (χ3n) is 6.39. The van der Waals surface area contributed by atoms with Crippen LogP contribution in [-0.4, -0.2) is 4.98 Å². The highest BCUT2D eigenvalue weighted by molar-refractivity contribution is 7.26. The molecule has 1 nitrogen and oxygen atoms in total. The van der Waals surface area contributed by atoms with Gasteiger partial charge in [-0.05, 0) is 48.1 Å². The van der Waals surface area contributed by atoms with E-state index in [1.165, 1.54) is 51.8 Å². The van der Waals surface area contributed by atoms with Gasteiger partial charge in [0.15, 0.2) is 0 Å². The van der Waals surface area contributed by atoms with Crippen molar-refractivity contribution in [3.05, 3.63) is 95.4 Å². The number of pyridine rings is 1. The summed E-state index contributed by atoms with van der Waals surface area (Å²) in [5.41, 5.74) is 6.04. The molecule has 0 unspecified atom stereocenters. The average molecular weight is 446 g/mol. The van der Waals surface area contributed by atoms with E-state index in [2.05, 4.69) is 91.0 Å². The second kappa shape index (κ2) is 7.13. The van der Waals surface area contributed by atoms with Crippen LogP contribution in [0.4, 0.5) is 0 Å². The normalized spacial score (nSPS) is 13.2. The zero-order valence-electron chi connectivity index (χ0n) is 17.3. The van der Waals surface area contributed by atoms with Gasteiger partial charge in [0.25, 0.3) is 0 Å². The lowest BCUT2D eigenvalue weighted by molar-refractivity contribution is 1.01. The van der Waals surface area contributed by atoms with Crippen molar-refractivity contribution in [3.63, 3.8) is 0 Å². The molecular weight excluding hydrogens is 426 g/mol. The summed E-state index contributed by atoms with van der Waals surface area (Å²) in [7, 11) is 0. The zero-order chi connectivity index (χ0) is 21.1. The predicted molar refractivity (Wildman–Crippen MR) is 141 cm³/mol. The monoisotopic (exact) mass is 445 g/mol. The first kappa shape index (κ1) is 18.3. The standard InChI is InChI=1S/C29H19NS2/c1-3-16-26-18(8-1)20-10-5-12-22(28(20)31-26)24-14-7-15-25(30-24)23-13-6-11-21-19-9-2-4-17-27(19)32-29(21)23/h1,3-8,10-17H,2,9H2. The molecule has 1 aliphatic carbocycles. The number of hydrogen-bond donors (Lipinski definition) is 0. The highest BCUT2D eigenvalue weighted by atomic mass is 32.1. The first-order chi connectivity index (χ1) is 15.9. The van der Waals surface area contributed by atoms with Crippen molar-refractivity contribution in [1.82, 2.24) is 4.98 Å². The molecule has 0 bridgehead atoms. The molecule has 1 aliphatic rings. The molecule has 3 heteroatoms. The lowest BCUT2D eigenvalue weighted by Crippen LogP contribution is -1.90. The van der Waals surface area contributed by atoms with Gasteiger partial charge in [0.05, 0.1) is 11.4 Å². The summed E-state index contributed by atoms with van der Waals surface area (Å²) in [5.74, 6) is 0. The van der Waals surface area contributed by atoms with Crippen LogP contribution in [0, 0.1) is 0 Å². The number of rotatable bonds is 2. The van der Waals surface area contributed by atoms with Crippen LogP contribution in [0.3, 0.4) is 0 Å². The first-order valence-electron chi connectivity index (χ1n) is 11.0. The van der Waals surface area contributed by atoms with E-state index in [1.807, 2.05) is 22.7 Å². The van der Waals surface area contributed by atoms with Crippen LogP contribution in [-0.2, 0) is 6.42 Å². The number of aromatic nitrogens is 1. The molecule has 152 valence electrons. The Kier molecular flexibility index (Phi) is 4.08. The fraction of sp³-hybridized carbons (Fsp3) is 0.0690. The van der Waals surface area contributed by atoms with Crippen LogP contribution < -0.4 is 0 Å². The van der Waals surface area contributed by atoms with Crippen LogP contribution >= 0.6 is 22.7 Å². The Balaban J connectivity index is 1.43. The van der Waals surface area contributed by atoms with Crippen molar-refractivity contribution in [2.75, 3.05) is 0 Å². The van der Waals surface area contributed by atoms with Crippen molar-refractivity contribution in [1.29, 1.82) is 0 Å². The summed E-state index contributed by atoms with van der Waals surface area (Å²) in [4.78, 5) is 6.59. The molecule has 0 radical (unpaired) electrons. The van der Waals surface area contributed by atoms with Gasteiger partial charge in [-0.25, -0.2) is 4.98 Å². The Morgan fingerprint density at radius 3 is 2.16 bits per heavy atom. The van der Waals surface area contributed by atoms with Gasteiger partial charge in [0.1, 0.15) is 0 Å². The molecule has 7 rings (SSSR count). The minimum absolute atomic E-state index is 1.04. The molecular formula is C29H19NS2. The molecule has 32 heavy (non-hydrogen) atoms. The Bertz CT molecular complexity index is 1680. The lowest BCUT2D eigenvalue weighted by atomic mass is 9.99. The smallest absolute Gasteiger partial charge is 0.0723 e. The Morgan fingerprint density at radius 1 is 0.625 bits per heavy atom. The van der Waals surface area contributed by atoms with E-state index >= 15 is 0 Å². The maximum atomic E-state index is 5.19. The van der Waals surface area contributed by atoms with E-state index in [4.69, 9.17) is 4.98 Å². The summed E-state index contributed by atoms with van der Waals surface area (Å²) >= 11 is 3.76. The molecule has 3 heterocycles. The summed E-state index contributed by atoms with van der Waals surface area (Å²) < 4.78 is 4.00. The van der Waals surface area contributed by atoms with Crippen LogP contribution in [0.15, 0.2) is 84.9 Å². The van der Waals surface area contributed by atoms with Gasteiger partial charge in [0.2, 0.25) is 0 Å². The minimum atomic E-state index is 1.04. The number of fused-ring (bicyclic) bond motifs is 6. The van der Waals surface area contributed by atoms with E-state index in [-0.39, 0.29) is 0 Å². The molecule has 3 aromatic heterocycles. The maximum Gasteiger partial charge on any atom is 0.0723 e. The summed E-state index contributed by atoms with van der Waals surface area (Å²) in [5, 5.41) is 4.04. The van der Waals surface area contributed by atoms with Crippen molar-refractivity contribution in [2.45, 2.75) is 12.8 Å². The number of allylic oxidation sites excluding steroid dienone is 1. The second-order valence-electron chi connectivity index (χ2n) is 8.26. The number of aryl methyl sites for hydroxylation is 1. The fourth-order valence-electron chi connectivity index (χ4n) is 4.88. The van der Waals surface area contributed by atoms with Crippen molar-refractivity contribution < 1.29 is 0 Å². The van der Waals surface area contributed by atoms with Crippen LogP contribution in [0.1, 0.15) is 16.9 Å². The van der Waals surface area contributed by atoms with Gasteiger partial charge in [-0.1, -0.05) is 66.7 Å². The molecule has 0 saturated carbocycles. The maximum absolute atomic E-state index is 5.19. The predicted octanol–water partition coefficient (Wildman–Crippen LogP) is 8.96. The van der Waals surface area contributed by atoms with Crippen molar-refractivity contribution in [2.24, 2.45) is 0 Å². The van der Waals surface area contributed by atoms with Crippen molar-refractivity contribution >= 4 is 59.0 Å². The largest absolute Gasteiger partial charge is 0.248 e. The third kappa shape index (κ3) is 2.72. The van der Waals surface area contributed by atoms with Crippen molar-refractivity contribution in [3.8, 4) is 22.5 Å². The fourth-order valence-corrected chi connectivity index (χ4v) is 7.41. The Morgan fingerprint density at radius 2 is 1.31 bits per heavy atom. The van der Waals surface area contributed by atoms with Crippen LogP contribution in [0.5, 0.6) is 0 Å². The Hall–Kier alpha value is -3.27. The number of hydrogen-bond acceptors (Lipinski definition) is 3. The second-order valence-corrected chi connectivity index (χ2v) is 10.4. The number of benzene rings is 3. The molecule has 0 spiro atoms. The van der Waals surface area contributed by atoms with Gasteiger partial charge >= 0.3 is 0 Å². The van der Waals surface area contributed by atoms with Gasteiger partial charge in [-0.2, -0.15) is 0 Å². The van der Waals surface area contributed by atoms with Gasteiger partial charge in [-0.3, -0.25) is 0 Å². The van der Waals surface area contributed by atoms with E-state index in [1.54, 1.807) is 0 Å². The minimum Gasteiger partial charge on any atom is -0.248 e.